The number of nitrogens with one attached hydrogen (secondary N) is 2. The number of rotatable bonds is 9. The molecule has 0 spiro atoms. The summed E-state index contributed by atoms with van der Waals surface area (Å²) in [5, 5.41) is 16.4. The van der Waals surface area contributed by atoms with Crippen molar-refractivity contribution in [3.05, 3.63) is 71.3 Å². The monoisotopic (exact) mass is 364 g/mol. The molecule has 2 aliphatic carbocycles. The number of carbonyl (C=O) groups is 1. The molecule has 0 bridgehead atoms. The molecule has 0 radical (unpaired) electrons. The van der Waals surface area contributed by atoms with Gasteiger partial charge in [-0.3, -0.25) is 0 Å². The molecule has 2 saturated carbocycles. The molecule has 142 valence electrons. The second-order valence-electron chi connectivity index (χ2n) is 8.20. The highest BCUT2D eigenvalue weighted by Crippen LogP contribution is 2.44. The van der Waals surface area contributed by atoms with Crippen LogP contribution in [-0.2, 0) is 6.54 Å². The molecule has 27 heavy (non-hydrogen) atoms. The number of hydrogen-bond donors (Lipinski definition) is 3. The zero-order valence-electron chi connectivity index (χ0n) is 15.7. The summed E-state index contributed by atoms with van der Waals surface area (Å²) in [5.41, 5.74) is 3.32. The quantitative estimate of drug-likeness (QED) is 0.633. The van der Waals surface area contributed by atoms with Crippen LogP contribution in [0.3, 0.4) is 0 Å². The van der Waals surface area contributed by atoms with Gasteiger partial charge in [-0.05, 0) is 47.9 Å². The standard InChI is InChI=1S/C23H28N2O2/c26-22(27)19-9-7-17(8-10-19)14-24-15-23(11-4-12-23)16-25-21-13-20(21)18-5-2-1-3-6-18/h1-3,5-10,20-21,24-25H,4,11-16H2,(H,26,27)/t20-,21+/m1/s1. The van der Waals surface area contributed by atoms with Gasteiger partial charge in [0, 0.05) is 31.6 Å². The van der Waals surface area contributed by atoms with Crippen LogP contribution in [0.2, 0.25) is 0 Å². The average molecular weight is 364 g/mol. The fourth-order valence-corrected chi connectivity index (χ4v) is 4.17. The number of aromatic carboxylic acids is 1. The first-order valence-electron chi connectivity index (χ1n) is 9.97. The van der Waals surface area contributed by atoms with Gasteiger partial charge in [-0.25, -0.2) is 4.79 Å². The van der Waals surface area contributed by atoms with Crippen molar-refractivity contribution in [3.8, 4) is 0 Å². The van der Waals surface area contributed by atoms with Crippen molar-refractivity contribution in [1.82, 2.24) is 10.6 Å². The second-order valence-corrected chi connectivity index (χ2v) is 8.20. The summed E-state index contributed by atoms with van der Waals surface area (Å²) >= 11 is 0. The van der Waals surface area contributed by atoms with E-state index in [1.807, 2.05) is 12.1 Å². The van der Waals surface area contributed by atoms with Gasteiger partial charge in [0.1, 0.15) is 0 Å². The Labute approximate surface area is 161 Å². The van der Waals surface area contributed by atoms with Gasteiger partial charge in [-0.1, -0.05) is 48.9 Å². The lowest BCUT2D eigenvalue weighted by molar-refractivity contribution is 0.0697. The largest absolute Gasteiger partial charge is 0.478 e. The molecule has 0 unspecified atom stereocenters. The third-order valence-corrected chi connectivity index (χ3v) is 6.20. The molecule has 2 fully saturated rings. The molecule has 0 heterocycles. The Hall–Kier alpha value is -2.17. The van der Waals surface area contributed by atoms with Gasteiger partial charge in [0.2, 0.25) is 0 Å². The molecule has 4 heteroatoms. The van der Waals surface area contributed by atoms with Gasteiger partial charge in [0.15, 0.2) is 0 Å². The maximum Gasteiger partial charge on any atom is 0.335 e. The van der Waals surface area contributed by atoms with Crippen molar-refractivity contribution < 1.29 is 9.90 Å². The summed E-state index contributed by atoms with van der Waals surface area (Å²) in [7, 11) is 0. The molecule has 2 aromatic carbocycles. The normalized spacial score (nSPS) is 22.8. The minimum absolute atomic E-state index is 0.343. The van der Waals surface area contributed by atoms with E-state index in [9.17, 15) is 4.79 Å². The summed E-state index contributed by atoms with van der Waals surface area (Å²) in [6.07, 6.45) is 5.15. The molecule has 0 saturated heterocycles. The zero-order chi connectivity index (χ0) is 18.7. The summed E-state index contributed by atoms with van der Waals surface area (Å²) in [4.78, 5) is 10.9. The second kappa shape index (κ2) is 7.83. The number of carboxylic acid groups (broad SMARTS) is 1. The van der Waals surface area contributed by atoms with Gasteiger partial charge in [0.05, 0.1) is 5.56 Å². The van der Waals surface area contributed by atoms with Crippen LogP contribution in [0.1, 0.15) is 53.1 Å². The lowest BCUT2D eigenvalue weighted by atomic mass is 9.68. The van der Waals surface area contributed by atoms with Crippen molar-refractivity contribution in [2.45, 2.75) is 44.2 Å². The minimum atomic E-state index is -0.872. The molecule has 4 rings (SSSR count). The van der Waals surface area contributed by atoms with Crippen LogP contribution in [0.5, 0.6) is 0 Å². The van der Waals surface area contributed by atoms with Gasteiger partial charge in [0.25, 0.3) is 0 Å². The van der Waals surface area contributed by atoms with E-state index in [4.69, 9.17) is 5.11 Å². The van der Waals surface area contributed by atoms with E-state index in [1.165, 1.54) is 31.2 Å². The van der Waals surface area contributed by atoms with Crippen LogP contribution in [-0.4, -0.2) is 30.2 Å². The first-order chi connectivity index (χ1) is 13.2. The average Bonchev–Trinajstić information content (AvgIpc) is 3.44. The fourth-order valence-electron chi connectivity index (χ4n) is 4.17. The van der Waals surface area contributed by atoms with Crippen LogP contribution in [0.4, 0.5) is 0 Å². The van der Waals surface area contributed by atoms with E-state index < -0.39 is 5.97 Å². The summed E-state index contributed by atoms with van der Waals surface area (Å²) in [6, 6.07) is 18.6. The maximum atomic E-state index is 10.9. The molecule has 4 nitrogen and oxygen atoms in total. The van der Waals surface area contributed by atoms with E-state index >= 15 is 0 Å². The van der Waals surface area contributed by atoms with Gasteiger partial charge in [-0.15, -0.1) is 0 Å². The Kier molecular flexibility index (Phi) is 5.28. The number of hydrogen-bond acceptors (Lipinski definition) is 3. The Bertz CT molecular complexity index is 769. The third kappa shape index (κ3) is 4.40. The third-order valence-electron chi connectivity index (χ3n) is 6.20. The summed E-state index contributed by atoms with van der Waals surface area (Å²) in [6.45, 7) is 2.90. The van der Waals surface area contributed by atoms with Gasteiger partial charge in [-0.2, -0.15) is 0 Å². The first-order valence-corrected chi connectivity index (χ1v) is 9.97. The SMILES string of the molecule is O=C(O)c1ccc(CNCC2(CN[C@H]3C[C@@H]3c3ccccc3)CCC2)cc1. The Morgan fingerprint density at radius 1 is 1.04 bits per heavy atom. The fraction of sp³-hybridized carbons (Fsp3) is 0.435. The number of benzene rings is 2. The topological polar surface area (TPSA) is 61.4 Å². The van der Waals surface area contributed by atoms with Crippen LogP contribution in [0.15, 0.2) is 54.6 Å². The van der Waals surface area contributed by atoms with Crippen LogP contribution in [0.25, 0.3) is 0 Å². The summed E-state index contributed by atoms with van der Waals surface area (Å²) < 4.78 is 0. The van der Waals surface area contributed by atoms with E-state index in [-0.39, 0.29) is 0 Å². The highest BCUT2D eigenvalue weighted by molar-refractivity contribution is 5.87. The highest BCUT2D eigenvalue weighted by Gasteiger charge is 2.42. The summed E-state index contributed by atoms with van der Waals surface area (Å²) in [5.74, 6) is -0.188. The van der Waals surface area contributed by atoms with Gasteiger partial charge < -0.3 is 15.7 Å². The lowest BCUT2D eigenvalue weighted by Gasteiger charge is -2.42. The van der Waals surface area contributed by atoms with Crippen molar-refractivity contribution >= 4 is 5.97 Å². The van der Waals surface area contributed by atoms with Crippen LogP contribution < -0.4 is 10.6 Å². The maximum absolute atomic E-state index is 10.9. The van der Waals surface area contributed by atoms with E-state index in [0.29, 0.717) is 22.9 Å². The molecule has 2 atom stereocenters. The van der Waals surface area contributed by atoms with Crippen LogP contribution in [0, 0.1) is 5.41 Å². The molecule has 2 aromatic rings. The van der Waals surface area contributed by atoms with Crippen molar-refractivity contribution in [2.75, 3.05) is 13.1 Å². The molecule has 0 aliphatic heterocycles. The Morgan fingerprint density at radius 3 is 2.41 bits per heavy atom. The Morgan fingerprint density at radius 2 is 1.78 bits per heavy atom. The molecule has 2 aliphatic rings. The van der Waals surface area contributed by atoms with Crippen molar-refractivity contribution in [2.24, 2.45) is 5.41 Å². The van der Waals surface area contributed by atoms with E-state index in [2.05, 4.69) is 41.0 Å². The molecular weight excluding hydrogens is 336 g/mol. The predicted octanol–water partition coefficient (Wildman–Crippen LogP) is 3.79. The predicted molar refractivity (Wildman–Crippen MR) is 107 cm³/mol. The highest BCUT2D eigenvalue weighted by atomic mass is 16.4. The minimum Gasteiger partial charge on any atom is -0.478 e. The van der Waals surface area contributed by atoms with Crippen molar-refractivity contribution in [3.63, 3.8) is 0 Å². The van der Waals surface area contributed by atoms with Gasteiger partial charge >= 0.3 is 5.97 Å². The zero-order valence-corrected chi connectivity index (χ0v) is 15.7. The number of carboxylic acids is 1. The molecule has 0 amide bonds. The Balaban J connectivity index is 1.22. The lowest BCUT2D eigenvalue weighted by Crippen LogP contribution is -2.47. The van der Waals surface area contributed by atoms with Crippen molar-refractivity contribution in [1.29, 1.82) is 0 Å². The smallest absolute Gasteiger partial charge is 0.335 e. The molecule has 3 N–H and O–H groups in total. The molecular formula is C23H28N2O2. The molecule has 0 aromatic heterocycles. The van der Waals surface area contributed by atoms with E-state index in [1.54, 1.807) is 12.1 Å². The van der Waals surface area contributed by atoms with Crippen LogP contribution >= 0.6 is 0 Å². The first kappa shape index (κ1) is 18.2. The van der Waals surface area contributed by atoms with E-state index in [0.717, 1.165) is 25.2 Å².